The van der Waals surface area contributed by atoms with Crippen LogP contribution in [0.1, 0.15) is 33.1 Å². The minimum atomic E-state index is -3.21. The number of carbonyl (C=O) groups excluding carboxylic acids is 1. The van der Waals surface area contributed by atoms with E-state index >= 15 is 0 Å². The molecule has 1 heterocycles. The maximum Gasteiger partial charge on any atom is 0.304 e. The van der Waals surface area contributed by atoms with E-state index in [1.54, 1.807) is 4.90 Å². The van der Waals surface area contributed by atoms with E-state index in [0.29, 0.717) is 0 Å². The number of aliphatic carboxylic acids is 1. The fraction of sp³-hybridized carbons (Fsp3) is 0.846. The lowest BCUT2D eigenvalue weighted by Crippen LogP contribution is -2.53. The highest BCUT2D eigenvalue weighted by Gasteiger charge is 2.33. The monoisotopic (exact) mass is 320 g/mol. The van der Waals surface area contributed by atoms with E-state index in [-0.39, 0.29) is 43.0 Å². The van der Waals surface area contributed by atoms with Gasteiger partial charge in [0.1, 0.15) is 0 Å². The number of rotatable bonds is 7. The number of amides is 1. The van der Waals surface area contributed by atoms with Gasteiger partial charge in [0.05, 0.1) is 24.5 Å². The fourth-order valence-corrected chi connectivity index (χ4v) is 4.12. The molecule has 21 heavy (non-hydrogen) atoms. The normalized spacial score (nSPS) is 23.4. The first-order valence-electron chi connectivity index (χ1n) is 7.19. The molecule has 1 rings (SSSR count). The zero-order valence-electron chi connectivity index (χ0n) is 12.5. The SMILES string of the molecule is CCCC(C)NC(=O)CN1CCS(=O)(=O)CC1CC(=O)O. The van der Waals surface area contributed by atoms with Gasteiger partial charge < -0.3 is 10.4 Å². The Morgan fingerprint density at radius 3 is 2.67 bits per heavy atom. The highest BCUT2D eigenvalue weighted by Crippen LogP contribution is 2.14. The number of sulfone groups is 1. The summed E-state index contributed by atoms with van der Waals surface area (Å²) in [4.78, 5) is 24.4. The third-order valence-electron chi connectivity index (χ3n) is 3.54. The molecular formula is C13H24N2O5S. The summed E-state index contributed by atoms with van der Waals surface area (Å²) in [6.45, 7) is 4.19. The topological polar surface area (TPSA) is 104 Å². The molecule has 0 radical (unpaired) electrons. The lowest BCUT2D eigenvalue weighted by molar-refractivity contribution is -0.139. The van der Waals surface area contributed by atoms with E-state index < -0.39 is 21.8 Å². The largest absolute Gasteiger partial charge is 0.481 e. The van der Waals surface area contributed by atoms with Crippen LogP contribution in [0, 0.1) is 0 Å². The van der Waals surface area contributed by atoms with E-state index in [9.17, 15) is 18.0 Å². The van der Waals surface area contributed by atoms with Crippen LogP contribution in [0.4, 0.5) is 0 Å². The molecule has 7 nitrogen and oxygen atoms in total. The smallest absolute Gasteiger partial charge is 0.304 e. The number of carbonyl (C=O) groups is 2. The van der Waals surface area contributed by atoms with E-state index in [2.05, 4.69) is 5.32 Å². The van der Waals surface area contributed by atoms with Crippen molar-refractivity contribution in [2.75, 3.05) is 24.6 Å². The van der Waals surface area contributed by atoms with Gasteiger partial charge in [0.25, 0.3) is 0 Å². The zero-order chi connectivity index (χ0) is 16.0. The van der Waals surface area contributed by atoms with E-state index in [1.807, 2.05) is 13.8 Å². The van der Waals surface area contributed by atoms with Crippen LogP contribution in [0.5, 0.6) is 0 Å². The van der Waals surface area contributed by atoms with Gasteiger partial charge in [0, 0.05) is 18.6 Å². The summed E-state index contributed by atoms with van der Waals surface area (Å²) in [5, 5.41) is 11.7. The Hall–Kier alpha value is -1.15. The molecule has 0 aliphatic carbocycles. The van der Waals surface area contributed by atoms with E-state index in [4.69, 9.17) is 5.11 Å². The quantitative estimate of drug-likeness (QED) is 0.677. The third kappa shape index (κ3) is 6.43. The predicted octanol–water partition coefficient (Wildman–Crippen LogP) is -0.135. The van der Waals surface area contributed by atoms with Crippen molar-refractivity contribution in [1.82, 2.24) is 10.2 Å². The number of carboxylic acid groups (broad SMARTS) is 1. The van der Waals surface area contributed by atoms with Gasteiger partial charge in [-0.2, -0.15) is 0 Å². The Balaban J connectivity index is 2.62. The molecule has 8 heteroatoms. The number of nitrogens with one attached hydrogen (secondary N) is 1. The Morgan fingerprint density at radius 1 is 1.43 bits per heavy atom. The molecule has 1 aliphatic heterocycles. The molecule has 1 fully saturated rings. The average molecular weight is 320 g/mol. The molecular weight excluding hydrogens is 296 g/mol. The van der Waals surface area contributed by atoms with Gasteiger partial charge in [-0.25, -0.2) is 8.42 Å². The van der Waals surface area contributed by atoms with E-state index in [0.717, 1.165) is 12.8 Å². The molecule has 2 N–H and O–H groups in total. The lowest BCUT2D eigenvalue weighted by atomic mass is 10.2. The number of hydrogen-bond acceptors (Lipinski definition) is 5. The van der Waals surface area contributed by atoms with Crippen molar-refractivity contribution >= 4 is 21.7 Å². The Labute approximate surface area is 125 Å². The molecule has 2 atom stereocenters. The molecule has 122 valence electrons. The first-order chi connectivity index (χ1) is 9.73. The molecule has 1 amide bonds. The Kier molecular flexibility index (Phi) is 6.60. The second kappa shape index (κ2) is 7.74. The average Bonchev–Trinajstić information content (AvgIpc) is 2.31. The van der Waals surface area contributed by atoms with Gasteiger partial charge >= 0.3 is 5.97 Å². The van der Waals surface area contributed by atoms with Crippen molar-refractivity contribution in [3.63, 3.8) is 0 Å². The molecule has 0 aromatic heterocycles. The molecule has 0 aromatic carbocycles. The van der Waals surface area contributed by atoms with Gasteiger partial charge in [0.2, 0.25) is 5.91 Å². The second-order valence-electron chi connectivity index (χ2n) is 5.59. The van der Waals surface area contributed by atoms with E-state index in [1.165, 1.54) is 0 Å². The lowest BCUT2D eigenvalue weighted by Gasteiger charge is -2.34. The summed E-state index contributed by atoms with van der Waals surface area (Å²) in [5.74, 6) is -1.47. The summed E-state index contributed by atoms with van der Waals surface area (Å²) in [6.07, 6.45) is 1.57. The summed E-state index contributed by atoms with van der Waals surface area (Å²) in [6, 6.07) is -0.567. The Bertz CT molecular complexity index is 477. The third-order valence-corrected chi connectivity index (χ3v) is 5.24. The summed E-state index contributed by atoms with van der Waals surface area (Å²) in [5.41, 5.74) is 0. The van der Waals surface area contributed by atoms with Gasteiger partial charge in [-0.05, 0) is 13.3 Å². The fourth-order valence-electron chi connectivity index (χ4n) is 2.53. The Morgan fingerprint density at radius 2 is 2.10 bits per heavy atom. The van der Waals surface area contributed by atoms with Crippen LogP contribution in [0.2, 0.25) is 0 Å². The molecule has 1 aliphatic rings. The van der Waals surface area contributed by atoms with Crippen molar-refractivity contribution in [2.45, 2.75) is 45.2 Å². The summed E-state index contributed by atoms with van der Waals surface area (Å²) >= 11 is 0. The van der Waals surface area contributed by atoms with Crippen LogP contribution in [-0.2, 0) is 19.4 Å². The van der Waals surface area contributed by atoms with Crippen molar-refractivity contribution < 1.29 is 23.1 Å². The highest BCUT2D eigenvalue weighted by atomic mass is 32.2. The first kappa shape index (κ1) is 17.9. The van der Waals surface area contributed by atoms with Crippen LogP contribution in [-0.4, -0.2) is 67.0 Å². The standard InChI is InChI=1S/C13H24N2O5S/c1-3-4-10(2)14-12(16)8-15-5-6-21(19,20)9-11(15)7-13(17)18/h10-11H,3-9H2,1-2H3,(H,14,16)(H,17,18). The van der Waals surface area contributed by atoms with Crippen molar-refractivity contribution in [3.8, 4) is 0 Å². The molecule has 0 bridgehead atoms. The maximum atomic E-state index is 11.9. The van der Waals surface area contributed by atoms with Gasteiger partial charge in [-0.15, -0.1) is 0 Å². The maximum absolute atomic E-state index is 11.9. The molecule has 1 saturated heterocycles. The zero-order valence-corrected chi connectivity index (χ0v) is 13.4. The van der Waals surface area contributed by atoms with Crippen LogP contribution in [0.15, 0.2) is 0 Å². The van der Waals surface area contributed by atoms with Crippen LogP contribution in [0.25, 0.3) is 0 Å². The molecule has 0 aromatic rings. The summed E-state index contributed by atoms with van der Waals surface area (Å²) in [7, 11) is -3.21. The first-order valence-corrected chi connectivity index (χ1v) is 9.01. The van der Waals surface area contributed by atoms with Gasteiger partial charge in [-0.3, -0.25) is 14.5 Å². The predicted molar refractivity (Wildman–Crippen MR) is 78.8 cm³/mol. The van der Waals surface area contributed by atoms with Crippen LogP contribution >= 0.6 is 0 Å². The number of carboxylic acids is 1. The summed E-state index contributed by atoms with van der Waals surface area (Å²) < 4.78 is 23.2. The minimum absolute atomic E-state index is 0.0269. The molecule has 0 saturated carbocycles. The molecule has 2 unspecified atom stereocenters. The van der Waals surface area contributed by atoms with Gasteiger partial charge in [-0.1, -0.05) is 13.3 Å². The number of hydrogen-bond donors (Lipinski definition) is 2. The molecule has 0 spiro atoms. The van der Waals surface area contributed by atoms with Crippen molar-refractivity contribution in [3.05, 3.63) is 0 Å². The van der Waals surface area contributed by atoms with Crippen LogP contribution < -0.4 is 5.32 Å². The highest BCUT2D eigenvalue weighted by molar-refractivity contribution is 7.91. The number of nitrogens with zero attached hydrogens (tertiary/aromatic N) is 1. The van der Waals surface area contributed by atoms with Crippen molar-refractivity contribution in [2.24, 2.45) is 0 Å². The van der Waals surface area contributed by atoms with Crippen molar-refractivity contribution in [1.29, 1.82) is 0 Å². The van der Waals surface area contributed by atoms with Gasteiger partial charge in [0.15, 0.2) is 9.84 Å². The van der Waals surface area contributed by atoms with Crippen LogP contribution in [0.3, 0.4) is 0 Å². The second-order valence-corrected chi connectivity index (χ2v) is 7.82. The minimum Gasteiger partial charge on any atom is -0.481 e.